The molecule has 0 saturated carbocycles. The predicted molar refractivity (Wildman–Crippen MR) is 88.6 cm³/mol. The Morgan fingerprint density at radius 1 is 1.33 bits per heavy atom. The number of aliphatic hydroxyl groups excluding tert-OH is 1. The molecule has 3 heteroatoms. The fourth-order valence-electron chi connectivity index (χ4n) is 3.24. The van der Waals surface area contributed by atoms with Gasteiger partial charge < -0.3 is 10.4 Å². The number of nitrogens with zero attached hydrogens (tertiary/aromatic N) is 1. The SMILES string of the molecule is CCNCC(C)(CN1CCC(C)C(O)C1)c1ccccc1. The summed E-state index contributed by atoms with van der Waals surface area (Å²) in [7, 11) is 0. The molecule has 0 amide bonds. The number of piperidine rings is 1. The fraction of sp³-hybridized carbons (Fsp3) is 0.667. The van der Waals surface area contributed by atoms with Crippen LogP contribution < -0.4 is 5.32 Å². The van der Waals surface area contributed by atoms with Gasteiger partial charge >= 0.3 is 0 Å². The molecule has 0 aromatic heterocycles. The van der Waals surface area contributed by atoms with Gasteiger partial charge in [-0.15, -0.1) is 0 Å². The van der Waals surface area contributed by atoms with Gasteiger partial charge in [0.15, 0.2) is 0 Å². The van der Waals surface area contributed by atoms with Crippen molar-refractivity contribution < 1.29 is 5.11 Å². The van der Waals surface area contributed by atoms with Crippen LogP contribution in [-0.2, 0) is 5.41 Å². The molecule has 1 aromatic carbocycles. The summed E-state index contributed by atoms with van der Waals surface area (Å²) >= 11 is 0. The van der Waals surface area contributed by atoms with Gasteiger partial charge in [-0.3, -0.25) is 4.90 Å². The largest absolute Gasteiger partial charge is 0.392 e. The van der Waals surface area contributed by atoms with Crippen molar-refractivity contribution in [2.75, 3.05) is 32.7 Å². The molecule has 1 fully saturated rings. The molecule has 0 aliphatic carbocycles. The minimum atomic E-state index is -0.182. The second kappa shape index (κ2) is 7.39. The number of nitrogens with one attached hydrogen (secondary N) is 1. The third-order valence-electron chi connectivity index (χ3n) is 4.81. The first-order valence-corrected chi connectivity index (χ1v) is 8.22. The summed E-state index contributed by atoms with van der Waals surface area (Å²) < 4.78 is 0. The van der Waals surface area contributed by atoms with Gasteiger partial charge in [0.2, 0.25) is 0 Å². The highest BCUT2D eigenvalue weighted by Crippen LogP contribution is 2.27. The van der Waals surface area contributed by atoms with Gasteiger partial charge in [0, 0.05) is 25.0 Å². The summed E-state index contributed by atoms with van der Waals surface area (Å²) in [6.45, 7) is 11.5. The maximum absolute atomic E-state index is 10.1. The average molecular weight is 290 g/mol. The average Bonchev–Trinajstić information content (AvgIpc) is 2.50. The van der Waals surface area contributed by atoms with Crippen molar-refractivity contribution in [1.29, 1.82) is 0 Å². The van der Waals surface area contributed by atoms with Crippen molar-refractivity contribution in [2.45, 2.75) is 38.7 Å². The van der Waals surface area contributed by atoms with Crippen LogP contribution in [-0.4, -0.2) is 48.8 Å². The highest BCUT2D eigenvalue weighted by molar-refractivity contribution is 5.25. The van der Waals surface area contributed by atoms with Crippen LogP contribution in [0.3, 0.4) is 0 Å². The number of β-amino-alcohol motifs (C(OH)–C–C–N with tert-alkyl or cyclic N) is 1. The highest BCUT2D eigenvalue weighted by atomic mass is 16.3. The van der Waals surface area contributed by atoms with Crippen molar-refractivity contribution >= 4 is 0 Å². The number of likely N-dealkylation sites (tertiary alicyclic amines) is 1. The number of rotatable bonds is 6. The molecular weight excluding hydrogens is 260 g/mol. The van der Waals surface area contributed by atoms with Crippen molar-refractivity contribution in [2.24, 2.45) is 5.92 Å². The zero-order chi connectivity index (χ0) is 15.3. The van der Waals surface area contributed by atoms with E-state index in [-0.39, 0.29) is 11.5 Å². The lowest BCUT2D eigenvalue weighted by Crippen LogP contribution is -2.51. The minimum Gasteiger partial charge on any atom is -0.392 e. The lowest BCUT2D eigenvalue weighted by Gasteiger charge is -2.41. The van der Waals surface area contributed by atoms with Gasteiger partial charge in [-0.2, -0.15) is 0 Å². The molecule has 1 aliphatic heterocycles. The fourth-order valence-corrected chi connectivity index (χ4v) is 3.24. The first-order chi connectivity index (χ1) is 10.0. The van der Waals surface area contributed by atoms with Gasteiger partial charge in [-0.05, 0) is 31.0 Å². The Hall–Kier alpha value is -0.900. The summed E-state index contributed by atoms with van der Waals surface area (Å²) in [4.78, 5) is 2.43. The number of aliphatic hydroxyl groups is 1. The molecule has 2 N–H and O–H groups in total. The Morgan fingerprint density at radius 3 is 2.67 bits per heavy atom. The first kappa shape index (κ1) is 16.5. The summed E-state index contributed by atoms with van der Waals surface area (Å²) in [5, 5.41) is 13.6. The normalized spacial score (nSPS) is 26.5. The third kappa shape index (κ3) is 4.29. The molecule has 0 bridgehead atoms. The molecule has 0 spiro atoms. The second-order valence-electron chi connectivity index (χ2n) is 6.78. The van der Waals surface area contributed by atoms with Crippen LogP contribution in [0.4, 0.5) is 0 Å². The molecule has 3 nitrogen and oxygen atoms in total. The topological polar surface area (TPSA) is 35.5 Å². The predicted octanol–water partition coefficient (Wildman–Crippen LogP) is 2.26. The van der Waals surface area contributed by atoms with Crippen molar-refractivity contribution in [3.8, 4) is 0 Å². The van der Waals surface area contributed by atoms with Crippen LogP contribution in [0.5, 0.6) is 0 Å². The van der Waals surface area contributed by atoms with E-state index in [2.05, 4.69) is 61.3 Å². The Morgan fingerprint density at radius 2 is 2.05 bits per heavy atom. The van der Waals surface area contributed by atoms with Crippen LogP contribution in [0.1, 0.15) is 32.8 Å². The molecule has 2 rings (SSSR count). The molecular formula is C18H30N2O. The molecule has 21 heavy (non-hydrogen) atoms. The number of hydrogen-bond acceptors (Lipinski definition) is 3. The van der Waals surface area contributed by atoms with Gasteiger partial charge in [-0.25, -0.2) is 0 Å². The lowest BCUT2D eigenvalue weighted by atomic mass is 9.81. The van der Waals surface area contributed by atoms with E-state index in [1.165, 1.54) is 5.56 Å². The Balaban J connectivity index is 2.09. The van der Waals surface area contributed by atoms with Gasteiger partial charge in [0.1, 0.15) is 0 Å². The van der Waals surface area contributed by atoms with Crippen LogP contribution in [0.15, 0.2) is 30.3 Å². The van der Waals surface area contributed by atoms with Gasteiger partial charge in [-0.1, -0.05) is 51.1 Å². The van der Waals surface area contributed by atoms with Crippen molar-refractivity contribution in [3.63, 3.8) is 0 Å². The summed E-state index contributed by atoms with van der Waals surface area (Å²) in [6, 6.07) is 10.8. The molecule has 3 atom stereocenters. The van der Waals surface area contributed by atoms with Gasteiger partial charge in [0.25, 0.3) is 0 Å². The van der Waals surface area contributed by atoms with Crippen LogP contribution in [0, 0.1) is 5.92 Å². The van der Waals surface area contributed by atoms with E-state index in [0.29, 0.717) is 5.92 Å². The van der Waals surface area contributed by atoms with Crippen LogP contribution >= 0.6 is 0 Å². The van der Waals surface area contributed by atoms with E-state index < -0.39 is 0 Å². The van der Waals surface area contributed by atoms with Crippen LogP contribution in [0.2, 0.25) is 0 Å². The standard InChI is InChI=1S/C18H30N2O/c1-4-19-13-18(3,16-8-6-5-7-9-16)14-20-11-10-15(2)17(21)12-20/h5-9,15,17,19,21H,4,10-14H2,1-3H3. The lowest BCUT2D eigenvalue weighted by molar-refractivity contribution is 0.0206. The number of likely N-dealkylation sites (N-methyl/N-ethyl adjacent to an activating group) is 1. The third-order valence-corrected chi connectivity index (χ3v) is 4.81. The van der Waals surface area contributed by atoms with Crippen LogP contribution in [0.25, 0.3) is 0 Å². The quantitative estimate of drug-likeness (QED) is 0.843. The highest BCUT2D eigenvalue weighted by Gasteiger charge is 2.32. The molecule has 118 valence electrons. The Bertz CT molecular complexity index is 422. The maximum Gasteiger partial charge on any atom is 0.0693 e. The molecule has 1 heterocycles. The zero-order valence-corrected chi connectivity index (χ0v) is 13.7. The molecule has 1 aromatic rings. The molecule has 0 radical (unpaired) electrons. The second-order valence-corrected chi connectivity index (χ2v) is 6.78. The summed E-state index contributed by atoms with van der Waals surface area (Å²) in [6.07, 6.45) is 0.908. The van der Waals surface area contributed by atoms with Gasteiger partial charge in [0.05, 0.1) is 6.10 Å². The smallest absolute Gasteiger partial charge is 0.0693 e. The Labute approximate surface area is 129 Å². The zero-order valence-electron chi connectivity index (χ0n) is 13.7. The van der Waals surface area contributed by atoms with E-state index in [1.807, 2.05) is 0 Å². The van der Waals surface area contributed by atoms with Crippen molar-refractivity contribution in [1.82, 2.24) is 10.2 Å². The summed E-state index contributed by atoms with van der Waals surface area (Å²) in [5.41, 5.74) is 1.46. The molecule has 1 aliphatic rings. The van der Waals surface area contributed by atoms with E-state index in [0.717, 1.165) is 39.1 Å². The first-order valence-electron chi connectivity index (χ1n) is 8.22. The van der Waals surface area contributed by atoms with E-state index in [9.17, 15) is 5.11 Å². The Kier molecular flexibility index (Phi) is 5.80. The summed E-state index contributed by atoms with van der Waals surface area (Å²) in [5.74, 6) is 0.429. The maximum atomic E-state index is 10.1. The number of benzene rings is 1. The van der Waals surface area contributed by atoms with Crippen molar-refractivity contribution in [3.05, 3.63) is 35.9 Å². The molecule has 3 unspecified atom stereocenters. The minimum absolute atomic E-state index is 0.0809. The monoisotopic (exact) mass is 290 g/mol. The van der Waals surface area contributed by atoms with E-state index >= 15 is 0 Å². The van der Waals surface area contributed by atoms with E-state index in [1.54, 1.807) is 0 Å². The molecule has 1 saturated heterocycles. The number of hydrogen-bond donors (Lipinski definition) is 2. The van der Waals surface area contributed by atoms with E-state index in [4.69, 9.17) is 0 Å².